The molecule has 4 rings (SSSR count). The quantitative estimate of drug-likeness (QED) is 0.664. The van der Waals surface area contributed by atoms with Gasteiger partial charge in [-0.15, -0.1) is 0 Å². The van der Waals surface area contributed by atoms with Crippen molar-refractivity contribution in [2.75, 3.05) is 16.6 Å². The summed E-state index contributed by atoms with van der Waals surface area (Å²) in [6.45, 7) is 0.506. The van der Waals surface area contributed by atoms with Gasteiger partial charge in [0.15, 0.2) is 11.4 Å². The lowest BCUT2D eigenvalue weighted by Crippen LogP contribution is -2.37. The van der Waals surface area contributed by atoms with Crippen molar-refractivity contribution in [1.29, 1.82) is 0 Å². The molecule has 0 radical (unpaired) electrons. The summed E-state index contributed by atoms with van der Waals surface area (Å²) in [5.74, 6) is -1.20. The molecule has 0 atom stereocenters. The van der Waals surface area contributed by atoms with Crippen molar-refractivity contribution in [3.05, 3.63) is 65.7 Å². The standard InChI is InChI=1S/C21H20FN3O4S/c22-15-8-6-14(7-9-15)12-24-21(27)19-20(26)16-4-3-5-18(17(16)13-23-19)25-10-1-2-11-30(25,28)29/h3-9,13,26H,1-2,10-12H2,(H,24,27). The number of hydrogen-bond donors (Lipinski definition) is 2. The van der Waals surface area contributed by atoms with Gasteiger partial charge in [-0.3, -0.25) is 9.10 Å². The van der Waals surface area contributed by atoms with Crippen molar-refractivity contribution in [1.82, 2.24) is 10.3 Å². The SMILES string of the molecule is O=C(NCc1ccc(F)cc1)c1ncc2c(N3CCCCS3(=O)=O)cccc2c1O. The van der Waals surface area contributed by atoms with Crippen LogP contribution < -0.4 is 9.62 Å². The number of fused-ring (bicyclic) bond motifs is 1. The molecule has 1 aromatic heterocycles. The zero-order valence-corrected chi connectivity index (χ0v) is 16.8. The number of nitrogens with one attached hydrogen (secondary N) is 1. The van der Waals surface area contributed by atoms with E-state index in [-0.39, 0.29) is 29.6 Å². The van der Waals surface area contributed by atoms with Crippen molar-refractivity contribution in [2.45, 2.75) is 19.4 Å². The molecule has 2 heterocycles. The lowest BCUT2D eigenvalue weighted by molar-refractivity contribution is 0.0943. The van der Waals surface area contributed by atoms with Gasteiger partial charge in [-0.05, 0) is 36.6 Å². The number of nitrogens with zero attached hydrogens (tertiary/aromatic N) is 2. The van der Waals surface area contributed by atoms with E-state index in [4.69, 9.17) is 0 Å². The van der Waals surface area contributed by atoms with E-state index in [1.807, 2.05) is 0 Å². The highest BCUT2D eigenvalue weighted by atomic mass is 32.2. The number of anilines is 1. The Bertz CT molecular complexity index is 1210. The van der Waals surface area contributed by atoms with Crippen LogP contribution in [0.25, 0.3) is 10.8 Å². The van der Waals surface area contributed by atoms with Crippen LogP contribution >= 0.6 is 0 Å². The number of aromatic hydroxyl groups is 1. The molecule has 7 nitrogen and oxygen atoms in total. The highest BCUT2D eigenvalue weighted by Crippen LogP contribution is 2.35. The van der Waals surface area contributed by atoms with E-state index in [1.165, 1.54) is 22.6 Å². The van der Waals surface area contributed by atoms with Crippen LogP contribution in [0.2, 0.25) is 0 Å². The Balaban J connectivity index is 1.64. The van der Waals surface area contributed by atoms with E-state index in [2.05, 4.69) is 10.3 Å². The van der Waals surface area contributed by atoms with E-state index in [0.29, 0.717) is 35.0 Å². The number of halogens is 1. The summed E-state index contributed by atoms with van der Waals surface area (Å²) in [7, 11) is -3.43. The van der Waals surface area contributed by atoms with Gasteiger partial charge in [-0.1, -0.05) is 24.3 Å². The average molecular weight is 429 g/mol. The van der Waals surface area contributed by atoms with Crippen molar-refractivity contribution in [3.63, 3.8) is 0 Å². The van der Waals surface area contributed by atoms with E-state index in [0.717, 1.165) is 6.42 Å². The minimum Gasteiger partial charge on any atom is -0.505 e. The van der Waals surface area contributed by atoms with E-state index in [9.17, 15) is 22.7 Å². The molecule has 0 aliphatic carbocycles. The molecule has 1 fully saturated rings. The highest BCUT2D eigenvalue weighted by molar-refractivity contribution is 7.92. The van der Waals surface area contributed by atoms with E-state index < -0.39 is 15.9 Å². The van der Waals surface area contributed by atoms with Crippen LogP contribution in [0, 0.1) is 5.82 Å². The summed E-state index contributed by atoms with van der Waals surface area (Å²) in [4.78, 5) is 16.6. The highest BCUT2D eigenvalue weighted by Gasteiger charge is 2.28. The molecule has 0 saturated carbocycles. The third-order valence-corrected chi connectivity index (χ3v) is 6.94. The van der Waals surface area contributed by atoms with Crippen LogP contribution in [-0.4, -0.2) is 36.7 Å². The third kappa shape index (κ3) is 3.80. The van der Waals surface area contributed by atoms with E-state index in [1.54, 1.807) is 30.3 Å². The van der Waals surface area contributed by atoms with Crippen molar-refractivity contribution in [3.8, 4) is 5.75 Å². The molecule has 3 aromatic rings. The van der Waals surface area contributed by atoms with Gasteiger partial charge in [-0.25, -0.2) is 17.8 Å². The van der Waals surface area contributed by atoms with Crippen molar-refractivity contribution < 1.29 is 22.7 Å². The maximum atomic E-state index is 13.0. The first-order valence-corrected chi connectivity index (χ1v) is 11.1. The van der Waals surface area contributed by atoms with Crippen LogP contribution in [0.3, 0.4) is 0 Å². The first kappa shape index (κ1) is 20.1. The van der Waals surface area contributed by atoms with Crippen LogP contribution in [-0.2, 0) is 16.6 Å². The number of hydrogen-bond acceptors (Lipinski definition) is 5. The molecule has 1 amide bonds. The Hall–Kier alpha value is -3.20. The summed E-state index contributed by atoms with van der Waals surface area (Å²) in [6, 6.07) is 10.6. The molecule has 156 valence electrons. The average Bonchev–Trinajstić information content (AvgIpc) is 2.73. The normalized spacial score (nSPS) is 15.8. The Morgan fingerprint density at radius 3 is 2.63 bits per heavy atom. The Morgan fingerprint density at radius 2 is 1.90 bits per heavy atom. The van der Waals surface area contributed by atoms with Crippen LogP contribution in [0.5, 0.6) is 5.75 Å². The molecule has 30 heavy (non-hydrogen) atoms. The molecular formula is C21H20FN3O4S. The first-order chi connectivity index (χ1) is 14.4. The Kier molecular flexibility index (Phi) is 5.29. The number of rotatable bonds is 4. The Morgan fingerprint density at radius 1 is 1.13 bits per heavy atom. The summed E-state index contributed by atoms with van der Waals surface area (Å²) < 4.78 is 39.3. The second kappa shape index (κ2) is 7.91. The largest absolute Gasteiger partial charge is 0.505 e. The number of carbonyl (C=O) groups excluding carboxylic acids is 1. The van der Waals surface area contributed by atoms with Crippen molar-refractivity contribution in [2.24, 2.45) is 0 Å². The summed E-state index contributed by atoms with van der Waals surface area (Å²) in [5, 5.41) is 14.1. The number of pyridine rings is 1. The number of benzene rings is 2. The molecule has 1 aliphatic heterocycles. The fraction of sp³-hybridized carbons (Fsp3) is 0.238. The van der Waals surface area contributed by atoms with Gasteiger partial charge in [0.2, 0.25) is 10.0 Å². The van der Waals surface area contributed by atoms with Gasteiger partial charge in [-0.2, -0.15) is 0 Å². The summed E-state index contributed by atoms with van der Waals surface area (Å²) >= 11 is 0. The lowest BCUT2D eigenvalue weighted by atomic mass is 10.1. The molecule has 1 aliphatic rings. The monoisotopic (exact) mass is 429 g/mol. The molecule has 0 unspecified atom stereocenters. The molecule has 9 heteroatoms. The second-order valence-electron chi connectivity index (χ2n) is 7.10. The molecule has 0 spiro atoms. The van der Waals surface area contributed by atoms with Crippen LogP contribution in [0.1, 0.15) is 28.9 Å². The van der Waals surface area contributed by atoms with Gasteiger partial charge in [0.25, 0.3) is 5.91 Å². The number of aromatic nitrogens is 1. The molecule has 0 bridgehead atoms. The van der Waals surface area contributed by atoms with Gasteiger partial charge >= 0.3 is 0 Å². The predicted molar refractivity (Wildman–Crippen MR) is 111 cm³/mol. The second-order valence-corrected chi connectivity index (χ2v) is 9.11. The third-order valence-electron chi connectivity index (χ3n) is 5.08. The Labute approximate surface area is 173 Å². The first-order valence-electron chi connectivity index (χ1n) is 9.50. The van der Waals surface area contributed by atoms with Gasteiger partial charge in [0, 0.05) is 30.1 Å². The fourth-order valence-corrected chi connectivity index (χ4v) is 5.18. The zero-order valence-electron chi connectivity index (χ0n) is 16.0. The predicted octanol–water partition coefficient (Wildman–Crippen LogP) is 2.94. The minimum absolute atomic E-state index is 0.0761. The topological polar surface area (TPSA) is 99.6 Å². The molecule has 2 aromatic carbocycles. The van der Waals surface area contributed by atoms with Crippen LogP contribution in [0.15, 0.2) is 48.7 Å². The smallest absolute Gasteiger partial charge is 0.274 e. The summed E-state index contributed by atoms with van der Waals surface area (Å²) in [6.07, 6.45) is 2.77. The lowest BCUT2D eigenvalue weighted by Gasteiger charge is -2.29. The molecule has 2 N–H and O–H groups in total. The van der Waals surface area contributed by atoms with Crippen LogP contribution in [0.4, 0.5) is 10.1 Å². The molecular weight excluding hydrogens is 409 g/mol. The number of sulfonamides is 1. The molecule has 1 saturated heterocycles. The maximum Gasteiger partial charge on any atom is 0.274 e. The van der Waals surface area contributed by atoms with Crippen molar-refractivity contribution >= 4 is 32.4 Å². The fourth-order valence-electron chi connectivity index (χ4n) is 3.52. The van der Waals surface area contributed by atoms with E-state index >= 15 is 0 Å². The number of carbonyl (C=O) groups is 1. The minimum atomic E-state index is -3.43. The van der Waals surface area contributed by atoms with Gasteiger partial charge in [0.1, 0.15) is 5.82 Å². The van der Waals surface area contributed by atoms with Gasteiger partial charge < -0.3 is 10.4 Å². The van der Waals surface area contributed by atoms with Gasteiger partial charge in [0.05, 0.1) is 11.4 Å². The maximum absolute atomic E-state index is 13.0. The number of amides is 1. The summed E-state index contributed by atoms with van der Waals surface area (Å²) in [5.41, 5.74) is 0.971. The zero-order chi connectivity index (χ0) is 21.3.